The van der Waals surface area contributed by atoms with Gasteiger partial charge < -0.3 is 20.1 Å². The summed E-state index contributed by atoms with van der Waals surface area (Å²) < 4.78 is 9.07. The van der Waals surface area contributed by atoms with Gasteiger partial charge in [-0.1, -0.05) is 0 Å². The maximum atomic E-state index is 11.1. The third-order valence-corrected chi connectivity index (χ3v) is 1.83. The van der Waals surface area contributed by atoms with E-state index in [1.807, 2.05) is 0 Å². The van der Waals surface area contributed by atoms with Crippen LogP contribution in [0.5, 0.6) is 0 Å². The molecule has 2 N–H and O–H groups in total. The minimum absolute atomic E-state index is 0.0586. The molecule has 0 unspecified atom stereocenters. The Labute approximate surface area is 91.8 Å². The van der Waals surface area contributed by atoms with E-state index in [-0.39, 0.29) is 18.7 Å². The molecular weight excluding hydrogens is 216 g/mol. The van der Waals surface area contributed by atoms with Crippen LogP contribution in [-0.4, -0.2) is 44.3 Å². The second-order valence-corrected chi connectivity index (χ2v) is 3.04. The fourth-order valence-corrected chi connectivity index (χ4v) is 1.04. The van der Waals surface area contributed by atoms with E-state index in [0.29, 0.717) is 6.54 Å². The van der Waals surface area contributed by atoms with Crippen LogP contribution in [0.1, 0.15) is 0 Å². The number of hydrogen-bond acceptors (Lipinski definition) is 5. The number of methoxy groups -OCH3 is 1. The van der Waals surface area contributed by atoms with Crippen LogP contribution in [0, 0.1) is 0 Å². The average molecular weight is 228 g/mol. The van der Waals surface area contributed by atoms with Gasteiger partial charge in [0.15, 0.2) is 0 Å². The molecule has 1 atom stereocenters. The van der Waals surface area contributed by atoms with Gasteiger partial charge in [-0.05, 0) is 0 Å². The van der Waals surface area contributed by atoms with Gasteiger partial charge in [0, 0.05) is 18.7 Å². The van der Waals surface area contributed by atoms with Gasteiger partial charge in [-0.2, -0.15) is 0 Å². The Morgan fingerprint density at radius 1 is 1.44 bits per heavy atom. The first-order chi connectivity index (χ1) is 7.61. The minimum Gasteiger partial charge on any atom is -0.466 e. The topological polar surface area (TPSA) is 93.7 Å². The van der Waals surface area contributed by atoms with E-state index in [9.17, 15) is 14.4 Å². The molecule has 0 radical (unpaired) electrons. The highest BCUT2D eigenvalue weighted by Gasteiger charge is 2.20. The van der Waals surface area contributed by atoms with Crippen molar-refractivity contribution in [3.05, 3.63) is 12.2 Å². The normalized spacial score (nSPS) is 19.1. The monoisotopic (exact) mass is 228 g/mol. The zero-order valence-electron chi connectivity index (χ0n) is 8.69. The predicted molar refractivity (Wildman–Crippen MR) is 52.4 cm³/mol. The van der Waals surface area contributed by atoms with Gasteiger partial charge in [0.2, 0.25) is 0 Å². The molecule has 0 saturated carbocycles. The Morgan fingerprint density at radius 2 is 2.12 bits per heavy atom. The van der Waals surface area contributed by atoms with Crippen LogP contribution in [-0.2, 0) is 19.1 Å². The fraction of sp³-hybridized carbons (Fsp3) is 0.444. The number of carbonyl (C=O) groups excluding carboxylic acids is 3. The van der Waals surface area contributed by atoms with Crippen LogP contribution in [0.15, 0.2) is 12.2 Å². The highest BCUT2D eigenvalue weighted by molar-refractivity contribution is 5.91. The smallest absolute Gasteiger partial charge is 0.331 e. The number of urea groups is 1. The first kappa shape index (κ1) is 12.0. The summed E-state index contributed by atoms with van der Waals surface area (Å²) in [6.07, 6.45) is 1.93. The Hall–Kier alpha value is -2.05. The summed E-state index contributed by atoms with van der Waals surface area (Å²) in [7, 11) is 1.21. The third kappa shape index (κ3) is 3.99. The number of rotatable bonds is 4. The molecule has 0 bridgehead atoms. The second kappa shape index (κ2) is 5.74. The van der Waals surface area contributed by atoms with Crippen LogP contribution in [0.25, 0.3) is 0 Å². The number of amides is 2. The molecule has 0 aromatic rings. The van der Waals surface area contributed by atoms with Crippen molar-refractivity contribution in [2.75, 3.05) is 20.3 Å². The molecule has 2 amide bonds. The molecule has 1 saturated heterocycles. The molecule has 16 heavy (non-hydrogen) atoms. The summed E-state index contributed by atoms with van der Waals surface area (Å²) in [5.74, 6) is -1.29. The van der Waals surface area contributed by atoms with Gasteiger partial charge in [0.1, 0.15) is 6.61 Å². The zero-order valence-corrected chi connectivity index (χ0v) is 8.69. The van der Waals surface area contributed by atoms with Gasteiger partial charge >= 0.3 is 18.0 Å². The van der Waals surface area contributed by atoms with Crippen molar-refractivity contribution in [3.8, 4) is 0 Å². The number of carbonyl (C=O) groups is 3. The molecule has 1 fully saturated rings. The van der Waals surface area contributed by atoms with Crippen LogP contribution in [0.3, 0.4) is 0 Å². The van der Waals surface area contributed by atoms with E-state index in [1.165, 1.54) is 7.11 Å². The van der Waals surface area contributed by atoms with Crippen molar-refractivity contribution >= 4 is 18.0 Å². The molecule has 0 spiro atoms. The highest BCUT2D eigenvalue weighted by atomic mass is 16.5. The Bertz CT molecular complexity index is 326. The van der Waals surface area contributed by atoms with Gasteiger partial charge in [-0.25, -0.2) is 14.4 Å². The standard InChI is InChI=1S/C9H12N2O5/c1-15-7(12)2-3-8(13)16-5-6-4-10-9(14)11-6/h2-3,6H,4-5H2,1H3,(H2,10,11,14)/b3-2+/t6-/m1/s1. The summed E-state index contributed by atoms with van der Waals surface area (Å²) >= 11 is 0. The molecule has 0 aromatic heterocycles. The molecule has 1 aliphatic rings. The quantitative estimate of drug-likeness (QED) is 0.472. The summed E-state index contributed by atoms with van der Waals surface area (Å²) in [6.45, 7) is 0.468. The second-order valence-electron chi connectivity index (χ2n) is 3.04. The maximum Gasteiger partial charge on any atom is 0.331 e. The fourth-order valence-electron chi connectivity index (χ4n) is 1.04. The van der Waals surface area contributed by atoms with E-state index < -0.39 is 11.9 Å². The number of ether oxygens (including phenoxy) is 2. The molecule has 0 aromatic carbocycles. The van der Waals surface area contributed by atoms with Crippen molar-refractivity contribution < 1.29 is 23.9 Å². The van der Waals surface area contributed by atoms with Crippen molar-refractivity contribution in [1.29, 1.82) is 0 Å². The van der Waals surface area contributed by atoms with Crippen LogP contribution in [0.2, 0.25) is 0 Å². The maximum absolute atomic E-state index is 11.1. The van der Waals surface area contributed by atoms with E-state index >= 15 is 0 Å². The minimum atomic E-state index is -0.661. The molecule has 1 aliphatic heterocycles. The van der Waals surface area contributed by atoms with Crippen molar-refractivity contribution in [2.45, 2.75) is 6.04 Å². The van der Waals surface area contributed by atoms with Crippen LogP contribution < -0.4 is 10.6 Å². The number of nitrogens with one attached hydrogen (secondary N) is 2. The van der Waals surface area contributed by atoms with E-state index in [2.05, 4.69) is 15.4 Å². The number of hydrogen-bond donors (Lipinski definition) is 2. The molecule has 1 rings (SSSR count). The summed E-state index contributed by atoms with van der Waals surface area (Å²) in [5, 5.41) is 5.06. The molecule has 1 heterocycles. The molecular formula is C9H12N2O5. The van der Waals surface area contributed by atoms with Crippen LogP contribution in [0.4, 0.5) is 4.79 Å². The first-order valence-electron chi connectivity index (χ1n) is 4.59. The lowest BCUT2D eigenvalue weighted by Gasteiger charge is -2.07. The van der Waals surface area contributed by atoms with E-state index in [1.54, 1.807) is 0 Å². The lowest BCUT2D eigenvalue weighted by Crippen LogP contribution is -2.31. The number of esters is 2. The van der Waals surface area contributed by atoms with Crippen LogP contribution >= 0.6 is 0 Å². The van der Waals surface area contributed by atoms with E-state index in [0.717, 1.165) is 12.2 Å². The molecule has 7 heteroatoms. The largest absolute Gasteiger partial charge is 0.466 e. The Balaban J connectivity index is 2.22. The predicted octanol–water partition coefficient (Wildman–Crippen LogP) is -1.06. The van der Waals surface area contributed by atoms with E-state index in [4.69, 9.17) is 4.74 Å². The van der Waals surface area contributed by atoms with Gasteiger partial charge in [-0.3, -0.25) is 0 Å². The van der Waals surface area contributed by atoms with Gasteiger partial charge in [0.25, 0.3) is 0 Å². The lowest BCUT2D eigenvalue weighted by atomic mass is 10.3. The van der Waals surface area contributed by atoms with Gasteiger partial charge in [0.05, 0.1) is 13.2 Å². The lowest BCUT2D eigenvalue weighted by molar-refractivity contribution is -0.139. The van der Waals surface area contributed by atoms with Crippen molar-refractivity contribution in [3.63, 3.8) is 0 Å². The third-order valence-electron chi connectivity index (χ3n) is 1.83. The SMILES string of the molecule is COC(=O)/C=C/C(=O)OC[C@H]1CNC(=O)N1. The first-order valence-corrected chi connectivity index (χ1v) is 4.59. The van der Waals surface area contributed by atoms with Crippen molar-refractivity contribution in [1.82, 2.24) is 10.6 Å². The highest BCUT2D eigenvalue weighted by Crippen LogP contribution is 1.93. The molecule has 0 aliphatic carbocycles. The zero-order chi connectivity index (χ0) is 12.0. The molecule has 7 nitrogen and oxygen atoms in total. The summed E-state index contributed by atoms with van der Waals surface area (Å²) in [4.78, 5) is 32.4. The Kier molecular flexibility index (Phi) is 4.31. The van der Waals surface area contributed by atoms with Gasteiger partial charge in [-0.15, -0.1) is 0 Å². The van der Waals surface area contributed by atoms with Crippen molar-refractivity contribution in [2.24, 2.45) is 0 Å². The summed E-state index contributed by atoms with van der Waals surface area (Å²) in [5.41, 5.74) is 0. The Morgan fingerprint density at radius 3 is 2.69 bits per heavy atom. The summed E-state index contributed by atoms with van der Waals surface area (Å²) in [6, 6.07) is -0.519. The molecule has 88 valence electrons. The average Bonchev–Trinajstić information content (AvgIpc) is 2.69.